The molecule has 1 saturated heterocycles. The number of hydrogen-bond donors (Lipinski definition) is 3. The van der Waals surface area contributed by atoms with Crippen LogP contribution in [0, 0.1) is 6.92 Å². The van der Waals surface area contributed by atoms with Gasteiger partial charge in [-0.15, -0.1) is 0 Å². The molecule has 1 fully saturated rings. The van der Waals surface area contributed by atoms with Crippen LogP contribution in [0.25, 0.3) is 0 Å². The van der Waals surface area contributed by atoms with Gasteiger partial charge >= 0.3 is 0 Å². The molecule has 2 unspecified atom stereocenters. The van der Waals surface area contributed by atoms with Crippen molar-refractivity contribution in [2.24, 2.45) is 0 Å². The number of anilines is 1. The van der Waals surface area contributed by atoms with Gasteiger partial charge in [0.15, 0.2) is 6.29 Å². The minimum atomic E-state index is -0.454. The fraction of sp³-hybridized carbons (Fsp3) is 0.450. The van der Waals surface area contributed by atoms with E-state index >= 15 is 0 Å². The molecule has 144 valence electrons. The van der Waals surface area contributed by atoms with Crippen molar-refractivity contribution in [3.05, 3.63) is 47.7 Å². The Morgan fingerprint density at radius 1 is 1.33 bits per heavy atom. The van der Waals surface area contributed by atoms with E-state index in [0.29, 0.717) is 18.7 Å². The topological polar surface area (TPSA) is 88.1 Å². The Morgan fingerprint density at radius 3 is 2.85 bits per heavy atom. The molecule has 0 aliphatic carbocycles. The summed E-state index contributed by atoms with van der Waals surface area (Å²) < 4.78 is 1.64. The standard InChI is InChI=1S/C20H27N5O2/c1-3-16-13-19(27)23-20(21-16)25-17(12-14(2)24-25)22-18(26)11-7-10-15-8-5-4-6-9-15/h4-6,8-9,12,16,20-21H,3,7,10-11,13H2,1-2H3,(H,22,26)(H,23,27). The maximum Gasteiger partial charge on any atom is 0.225 e. The van der Waals surface area contributed by atoms with Crippen LogP contribution in [0.5, 0.6) is 0 Å². The molecule has 0 bridgehead atoms. The average Bonchev–Trinajstić information content (AvgIpc) is 3.02. The molecule has 0 spiro atoms. The number of aryl methyl sites for hydroxylation is 2. The van der Waals surface area contributed by atoms with Gasteiger partial charge in [-0.1, -0.05) is 37.3 Å². The summed E-state index contributed by atoms with van der Waals surface area (Å²) in [6.07, 6.45) is 2.93. The van der Waals surface area contributed by atoms with Gasteiger partial charge in [-0.3, -0.25) is 14.9 Å². The maximum atomic E-state index is 12.4. The molecule has 2 aromatic rings. The molecule has 27 heavy (non-hydrogen) atoms. The smallest absolute Gasteiger partial charge is 0.225 e. The molecule has 1 aromatic heterocycles. The highest BCUT2D eigenvalue weighted by atomic mass is 16.2. The number of nitrogens with one attached hydrogen (secondary N) is 3. The number of benzene rings is 1. The molecule has 1 aliphatic rings. The van der Waals surface area contributed by atoms with E-state index in [1.807, 2.05) is 38.1 Å². The van der Waals surface area contributed by atoms with Crippen LogP contribution in [0.15, 0.2) is 36.4 Å². The number of amides is 2. The van der Waals surface area contributed by atoms with Crippen LogP contribution >= 0.6 is 0 Å². The van der Waals surface area contributed by atoms with Gasteiger partial charge in [0.05, 0.1) is 5.69 Å². The van der Waals surface area contributed by atoms with Crippen molar-refractivity contribution >= 4 is 17.6 Å². The third kappa shape index (κ3) is 5.17. The first-order chi connectivity index (χ1) is 13.0. The number of aromatic nitrogens is 2. The lowest BCUT2D eigenvalue weighted by Gasteiger charge is -2.31. The van der Waals surface area contributed by atoms with Crippen molar-refractivity contribution in [1.29, 1.82) is 0 Å². The maximum absolute atomic E-state index is 12.4. The molecule has 2 amide bonds. The largest absolute Gasteiger partial charge is 0.322 e. The molecule has 0 radical (unpaired) electrons. The van der Waals surface area contributed by atoms with Crippen LogP contribution in [0.2, 0.25) is 0 Å². The normalized spacial score (nSPS) is 19.6. The summed E-state index contributed by atoms with van der Waals surface area (Å²) in [5.41, 5.74) is 2.01. The van der Waals surface area contributed by atoms with E-state index in [9.17, 15) is 9.59 Å². The Balaban J connectivity index is 1.60. The van der Waals surface area contributed by atoms with Crippen LogP contribution in [0.1, 0.15) is 50.2 Å². The number of rotatable bonds is 7. The summed E-state index contributed by atoms with van der Waals surface area (Å²) in [5, 5.41) is 13.6. The lowest BCUT2D eigenvalue weighted by atomic mass is 10.1. The summed E-state index contributed by atoms with van der Waals surface area (Å²) in [4.78, 5) is 24.3. The van der Waals surface area contributed by atoms with Crippen molar-refractivity contribution in [3.8, 4) is 0 Å². The van der Waals surface area contributed by atoms with Gasteiger partial charge in [-0.05, 0) is 31.7 Å². The highest BCUT2D eigenvalue weighted by molar-refractivity contribution is 5.90. The number of carbonyl (C=O) groups is 2. The zero-order chi connectivity index (χ0) is 19.2. The Bertz CT molecular complexity index is 787. The van der Waals surface area contributed by atoms with Gasteiger partial charge < -0.3 is 10.6 Å². The Hall–Kier alpha value is -2.67. The third-order valence-corrected chi connectivity index (χ3v) is 4.70. The van der Waals surface area contributed by atoms with Crippen LogP contribution in [0.3, 0.4) is 0 Å². The first-order valence-electron chi connectivity index (χ1n) is 9.50. The summed E-state index contributed by atoms with van der Waals surface area (Å²) in [5.74, 6) is 0.520. The van der Waals surface area contributed by atoms with E-state index in [2.05, 4.69) is 33.2 Å². The predicted octanol–water partition coefficient (Wildman–Crippen LogP) is 2.50. The van der Waals surface area contributed by atoms with Gasteiger partial charge in [0.1, 0.15) is 5.82 Å². The Labute approximate surface area is 159 Å². The molecule has 0 saturated carbocycles. The summed E-state index contributed by atoms with van der Waals surface area (Å²) >= 11 is 0. The van der Waals surface area contributed by atoms with Gasteiger partial charge in [0.2, 0.25) is 11.8 Å². The van der Waals surface area contributed by atoms with Gasteiger partial charge in [0, 0.05) is 24.9 Å². The number of carbonyl (C=O) groups excluding carboxylic acids is 2. The van der Waals surface area contributed by atoms with Gasteiger partial charge in [-0.2, -0.15) is 5.10 Å². The molecule has 3 N–H and O–H groups in total. The van der Waals surface area contributed by atoms with Gasteiger partial charge in [-0.25, -0.2) is 4.68 Å². The molecular formula is C20H27N5O2. The second kappa shape index (κ2) is 8.81. The molecule has 1 aliphatic heterocycles. The van der Waals surface area contributed by atoms with E-state index in [0.717, 1.165) is 25.0 Å². The molecule has 2 atom stereocenters. The molecule has 2 heterocycles. The van der Waals surface area contributed by atoms with Crippen molar-refractivity contribution in [3.63, 3.8) is 0 Å². The third-order valence-electron chi connectivity index (χ3n) is 4.70. The van der Waals surface area contributed by atoms with E-state index in [1.54, 1.807) is 4.68 Å². The predicted molar refractivity (Wildman–Crippen MR) is 104 cm³/mol. The van der Waals surface area contributed by atoms with Crippen molar-refractivity contribution in [1.82, 2.24) is 20.4 Å². The summed E-state index contributed by atoms with van der Waals surface area (Å²) in [6, 6.07) is 12.1. The van der Waals surface area contributed by atoms with Crippen molar-refractivity contribution in [2.75, 3.05) is 5.32 Å². The van der Waals surface area contributed by atoms with E-state index in [4.69, 9.17) is 0 Å². The number of nitrogens with zero attached hydrogens (tertiary/aromatic N) is 2. The lowest BCUT2D eigenvalue weighted by Crippen LogP contribution is -2.53. The first-order valence-corrected chi connectivity index (χ1v) is 9.50. The molecule has 7 nitrogen and oxygen atoms in total. The van der Waals surface area contributed by atoms with Crippen LogP contribution in [-0.2, 0) is 16.0 Å². The molecule has 3 rings (SSSR count). The van der Waals surface area contributed by atoms with Gasteiger partial charge in [0.25, 0.3) is 0 Å². The lowest BCUT2D eigenvalue weighted by molar-refractivity contribution is -0.125. The van der Waals surface area contributed by atoms with Crippen LogP contribution in [-0.4, -0.2) is 27.6 Å². The molecule has 7 heteroatoms. The Kier molecular flexibility index (Phi) is 6.24. The summed E-state index contributed by atoms with van der Waals surface area (Å²) in [6.45, 7) is 3.90. The highest BCUT2D eigenvalue weighted by Gasteiger charge is 2.28. The van der Waals surface area contributed by atoms with E-state index in [-0.39, 0.29) is 17.9 Å². The SMILES string of the molecule is CCC1CC(=O)NC(n2nc(C)cc2NC(=O)CCCc2ccccc2)N1. The quantitative estimate of drug-likeness (QED) is 0.700. The second-order valence-electron chi connectivity index (χ2n) is 6.95. The highest BCUT2D eigenvalue weighted by Crippen LogP contribution is 2.18. The molecule has 1 aromatic carbocycles. The van der Waals surface area contributed by atoms with Crippen molar-refractivity contribution < 1.29 is 9.59 Å². The fourth-order valence-electron chi connectivity index (χ4n) is 3.26. The number of hydrogen-bond acceptors (Lipinski definition) is 4. The Morgan fingerprint density at radius 2 is 2.11 bits per heavy atom. The average molecular weight is 369 g/mol. The first kappa shape index (κ1) is 19.1. The fourth-order valence-corrected chi connectivity index (χ4v) is 3.26. The summed E-state index contributed by atoms with van der Waals surface area (Å²) in [7, 11) is 0. The van der Waals surface area contributed by atoms with E-state index < -0.39 is 6.29 Å². The minimum Gasteiger partial charge on any atom is -0.322 e. The molecular weight excluding hydrogens is 342 g/mol. The minimum absolute atomic E-state index is 0.0149. The monoisotopic (exact) mass is 369 g/mol. The van der Waals surface area contributed by atoms with Crippen LogP contribution in [0.4, 0.5) is 5.82 Å². The van der Waals surface area contributed by atoms with Crippen molar-refractivity contribution in [2.45, 2.75) is 58.3 Å². The van der Waals surface area contributed by atoms with Crippen LogP contribution < -0.4 is 16.0 Å². The zero-order valence-corrected chi connectivity index (χ0v) is 15.9. The van der Waals surface area contributed by atoms with E-state index in [1.165, 1.54) is 5.56 Å². The second-order valence-corrected chi connectivity index (χ2v) is 6.95. The zero-order valence-electron chi connectivity index (χ0n) is 15.9.